The molecule has 2 N–H and O–H groups in total. The zero-order valence-electron chi connectivity index (χ0n) is 12.6. The lowest BCUT2D eigenvalue weighted by molar-refractivity contribution is -0.128. The first-order chi connectivity index (χ1) is 9.06. The van der Waals surface area contributed by atoms with E-state index in [0.717, 1.165) is 24.1 Å². The molecule has 0 fully saturated rings. The third-order valence-corrected chi connectivity index (χ3v) is 4.17. The van der Waals surface area contributed by atoms with Crippen molar-refractivity contribution in [3.05, 3.63) is 29.8 Å². The molecule has 0 radical (unpaired) electrons. The van der Waals surface area contributed by atoms with Gasteiger partial charge in [0.1, 0.15) is 0 Å². The highest BCUT2D eigenvalue weighted by molar-refractivity contribution is 5.98. The van der Waals surface area contributed by atoms with Crippen molar-refractivity contribution in [1.29, 1.82) is 0 Å². The van der Waals surface area contributed by atoms with Gasteiger partial charge in [-0.1, -0.05) is 32.0 Å². The van der Waals surface area contributed by atoms with E-state index in [1.807, 2.05) is 56.9 Å². The van der Waals surface area contributed by atoms with Crippen LogP contribution >= 0.6 is 0 Å². The molecule has 0 unspecified atom stereocenters. The third-order valence-electron chi connectivity index (χ3n) is 4.17. The number of para-hydroxylation sites is 1. The number of nitrogens with two attached hydrogens (primary N) is 1. The molecule has 106 valence electrons. The van der Waals surface area contributed by atoms with E-state index in [1.54, 1.807) is 0 Å². The molecule has 0 aliphatic rings. The van der Waals surface area contributed by atoms with Crippen molar-refractivity contribution < 1.29 is 4.79 Å². The van der Waals surface area contributed by atoms with Crippen LogP contribution in [0.1, 0.15) is 39.2 Å². The van der Waals surface area contributed by atoms with E-state index in [0.29, 0.717) is 13.1 Å². The number of carbonyl (C=O) groups excluding carboxylic acids is 1. The van der Waals surface area contributed by atoms with E-state index in [-0.39, 0.29) is 5.91 Å². The molecule has 0 aliphatic heterocycles. The van der Waals surface area contributed by atoms with Gasteiger partial charge >= 0.3 is 0 Å². The molecule has 0 bridgehead atoms. The molecule has 1 aromatic carbocycles. The third kappa shape index (κ3) is 2.98. The standard InChI is InChI=1S/C16H26N2O/c1-5-16(6-2,12-17)15(19)18(7-3)14-11-9-8-10-13(14)4/h8-11H,5-7,12,17H2,1-4H3. The summed E-state index contributed by atoms with van der Waals surface area (Å²) >= 11 is 0. The Hall–Kier alpha value is -1.35. The second kappa shape index (κ2) is 6.71. The highest BCUT2D eigenvalue weighted by atomic mass is 16.2. The van der Waals surface area contributed by atoms with Crippen LogP contribution in [0, 0.1) is 12.3 Å². The largest absolute Gasteiger partial charge is 0.329 e. The molecular formula is C16H26N2O. The van der Waals surface area contributed by atoms with Crippen LogP contribution < -0.4 is 10.6 Å². The molecule has 0 heterocycles. The average molecular weight is 262 g/mol. The molecule has 1 aromatic rings. The number of anilines is 1. The van der Waals surface area contributed by atoms with Crippen LogP contribution in [-0.2, 0) is 4.79 Å². The molecule has 0 aromatic heterocycles. The minimum atomic E-state index is -0.432. The zero-order valence-corrected chi connectivity index (χ0v) is 12.6. The van der Waals surface area contributed by atoms with Crippen molar-refractivity contribution in [2.75, 3.05) is 18.0 Å². The van der Waals surface area contributed by atoms with Crippen LogP contribution in [0.25, 0.3) is 0 Å². The summed E-state index contributed by atoms with van der Waals surface area (Å²) in [7, 11) is 0. The fourth-order valence-electron chi connectivity index (χ4n) is 2.50. The summed E-state index contributed by atoms with van der Waals surface area (Å²) in [6.45, 7) is 9.21. The zero-order chi connectivity index (χ0) is 14.5. The van der Waals surface area contributed by atoms with Gasteiger partial charge in [0, 0.05) is 18.8 Å². The fraction of sp³-hybridized carbons (Fsp3) is 0.562. The second-order valence-corrected chi connectivity index (χ2v) is 5.03. The molecule has 1 rings (SSSR count). The number of rotatable bonds is 6. The lowest BCUT2D eigenvalue weighted by atomic mass is 9.80. The van der Waals surface area contributed by atoms with Gasteiger partial charge in [-0.3, -0.25) is 4.79 Å². The smallest absolute Gasteiger partial charge is 0.234 e. The van der Waals surface area contributed by atoms with Gasteiger partial charge in [-0.2, -0.15) is 0 Å². The van der Waals surface area contributed by atoms with Crippen LogP contribution in [-0.4, -0.2) is 19.0 Å². The molecular weight excluding hydrogens is 236 g/mol. The summed E-state index contributed by atoms with van der Waals surface area (Å²) in [6, 6.07) is 8.00. The van der Waals surface area contributed by atoms with Crippen molar-refractivity contribution in [2.45, 2.75) is 40.5 Å². The van der Waals surface area contributed by atoms with Crippen molar-refractivity contribution in [3.63, 3.8) is 0 Å². The molecule has 0 saturated heterocycles. The minimum absolute atomic E-state index is 0.150. The monoisotopic (exact) mass is 262 g/mol. The summed E-state index contributed by atoms with van der Waals surface area (Å²) < 4.78 is 0. The first-order valence-corrected chi connectivity index (χ1v) is 7.14. The van der Waals surface area contributed by atoms with Crippen molar-refractivity contribution in [3.8, 4) is 0 Å². The van der Waals surface area contributed by atoms with Crippen LogP contribution in [0.15, 0.2) is 24.3 Å². The molecule has 19 heavy (non-hydrogen) atoms. The Kier molecular flexibility index (Phi) is 5.55. The van der Waals surface area contributed by atoms with E-state index in [1.165, 1.54) is 0 Å². The van der Waals surface area contributed by atoms with Gasteiger partial charge in [-0.15, -0.1) is 0 Å². The van der Waals surface area contributed by atoms with Crippen molar-refractivity contribution in [1.82, 2.24) is 0 Å². The summed E-state index contributed by atoms with van der Waals surface area (Å²) in [4.78, 5) is 14.8. The molecule has 0 spiro atoms. The molecule has 0 saturated carbocycles. The summed E-state index contributed by atoms with van der Waals surface area (Å²) in [5.41, 5.74) is 7.57. The number of hydrogen-bond donors (Lipinski definition) is 1. The molecule has 1 amide bonds. The Morgan fingerprint density at radius 1 is 1.21 bits per heavy atom. The first-order valence-electron chi connectivity index (χ1n) is 7.14. The van der Waals surface area contributed by atoms with Gasteiger partial charge in [0.25, 0.3) is 0 Å². The predicted octanol–water partition coefficient (Wildman–Crippen LogP) is 3.11. The summed E-state index contributed by atoms with van der Waals surface area (Å²) in [5, 5.41) is 0. The van der Waals surface area contributed by atoms with Gasteiger partial charge in [-0.05, 0) is 38.3 Å². The Bertz CT molecular complexity index is 416. The van der Waals surface area contributed by atoms with Crippen molar-refractivity contribution in [2.24, 2.45) is 11.1 Å². The van der Waals surface area contributed by atoms with E-state index in [2.05, 4.69) is 0 Å². The number of amides is 1. The lowest BCUT2D eigenvalue weighted by Crippen LogP contribution is -2.48. The highest BCUT2D eigenvalue weighted by Gasteiger charge is 2.37. The van der Waals surface area contributed by atoms with Crippen LogP contribution in [0.3, 0.4) is 0 Å². The maximum absolute atomic E-state index is 12.9. The topological polar surface area (TPSA) is 46.3 Å². The van der Waals surface area contributed by atoms with E-state index in [9.17, 15) is 4.79 Å². The van der Waals surface area contributed by atoms with E-state index in [4.69, 9.17) is 5.73 Å². The SMILES string of the molecule is CCN(C(=O)C(CC)(CC)CN)c1ccccc1C. The molecule has 3 heteroatoms. The lowest BCUT2D eigenvalue weighted by Gasteiger charge is -2.35. The quantitative estimate of drug-likeness (QED) is 0.856. The Morgan fingerprint density at radius 2 is 1.79 bits per heavy atom. The minimum Gasteiger partial charge on any atom is -0.329 e. The van der Waals surface area contributed by atoms with Gasteiger partial charge in [0.2, 0.25) is 5.91 Å². The Morgan fingerprint density at radius 3 is 2.21 bits per heavy atom. The first kappa shape index (κ1) is 15.7. The number of aryl methyl sites for hydroxylation is 1. The summed E-state index contributed by atoms with van der Waals surface area (Å²) in [6.07, 6.45) is 1.56. The van der Waals surface area contributed by atoms with E-state index < -0.39 is 5.41 Å². The van der Waals surface area contributed by atoms with E-state index >= 15 is 0 Å². The Balaban J connectivity index is 3.17. The normalized spacial score (nSPS) is 11.4. The maximum atomic E-state index is 12.9. The maximum Gasteiger partial charge on any atom is 0.234 e. The van der Waals surface area contributed by atoms with Gasteiger partial charge in [-0.25, -0.2) is 0 Å². The molecule has 0 atom stereocenters. The number of carbonyl (C=O) groups is 1. The fourth-order valence-corrected chi connectivity index (χ4v) is 2.50. The molecule has 3 nitrogen and oxygen atoms in total. The number of nitrogens with zero attached hydrogens (tertiary/aromatic N) is 1. The summed E-state index contributed by atoms with van der Waals surface area (Å²) in [5.74, 6) is 0.150. The number of hydrogen-bond acceptors (Lipinski definition) is 2. The Labute approximate surface area is 116 Å². The van der Waals surface area contributed by atoms with Crippen LogP contribution in [0.4, 0.5) is 5.69 Å². The second-order valence-electron chi connectivity index (χ2n) is 5.03. The van der Waals surface area contributed by atoms with Gasteiger partial charge in [0.15, 0.2) is 0 Å². The van der Waals surface area contributed by atoms with Crippen LogP contribution in [0.5, 0.6) is 0 Å². The van der Waals surface area contributed by atoms with Crippen molar-refractivity contribution >= 4 is 11.6 Å². The average Bonchev–Trinajstić information content (AvgIpc) is 2.44. The number of benzene rings is 1. The van der Waals surface area contributed by atoms with Gasteiger partial charge < -0.3 is 10.6 Å². The molecule has 0 aliphatic carbocycles. The predicted molar refractivity (Wildman–Crippen MR) is 81.3 cm³/mol. The van der Waals surface area contributed by atoms with Crippen LogP contribution in [0.2, 0.25) is 0 Å². The highest BCUT2D eigenvalue weighted by Crippen LogP contribution is 2.31. The van der Waals surface area contributed by atoms with Gasteiger partial charge in [0.05, 0.1) is 5.41 Å².